The third kappa shape index (κ3) is 7.92. The zero-order valence-corrected chi connectivity index (χ0v) is 28.7. The van der Waals surface area contributed by atoms with E-state index in [0.717, 1.165) is 50.6 Å². The van der Waals surface area contributed by atoms with Crippen molar-refractivity contribution in [2.45, 2.75) is 83.3 Å². The van der Waals surface area contributed by atoms with Crippen molar-refractivity contribution in [3.05, 3.63) is 83.4 Å². The van der Waals surface area contributed by atoms with E-state index < -0.39 is 0 Å². The van der Waals surface area contributed by atoms with Crippen molar-refractivity contribution in [2.75, 3.05) is 39.3 Å². The van der Waals surface area contributed by atoms with Crippen LogP contribution in [-0.4, -0.2) is 72.5 Å². The first-order valence-corrected chi connectivity index (χ1v) is 18.5. The summed E-state index contributed by atoms with van der Waals surface area (Å²) in [6, 6.07) is 23.1. The Bertz CT molecular complexity index is 1600. The number of hydrogen-bond donors (Lipinski definition) is 0. The normalized spacial score (nSPS) is 20.9. The van der Waals surface area contributed by atoms with Crippen LogP contribution < -0.4 is 9.47 Å². The van der Waals surface area contributed by atoms with Crippen molar-refractivity contribution >= 4 is 27.2 Å². The van der Waals surface area contributed by atoms with Gasteiger partial charge in [0.1, 0.15) is 24.2 Å². The summed E-state index contributed by atoms with van der Waals surface area (Å²) in [6.07, 6.45) is 13.0. The minimum absolute atomic E-state index is 0. The average Bonchev–Trinajstić information content (AvgIpc) is 3.65. The zero-order valence-electron chi connectivity index (χ0n) is 27.8. The van der Waals surface area contributed by atoms with Crippen molar-refractivity contribution in [1.82, 2.24) is 9.80 Å². The van der Waals surface area contributed by atoms with E-state index in [-0.39, 0.29) is 17.4 Å². The highest BCUT2D eigenvalue weighted by molar-refractivity contribution is 7.22. The first kappa shape index (κ1) is 33.7. The molecule has 250 valence electrons. The molecule has 0 bridgehead atoms. The molecule has 3 aromatic carbocycles. The molecule has 3 aliphatic rings. The fraction of sp³-hybridized carbons (Fsp3) is 0.475. The van der Waals surface area contributed by atoms with Crippen LogP contribution in [0.5, 0.6) is 11.5 Å². The minimum Gasteiger partial charge on any atom is -0.492 e. The molecule has 2 saturated heterocycles. The highest BCUT2D eigenvalue weighted by Gasteiger charge is 2.32. The lowest BCUT2D eigenvalue weighted by molar-refractivity contribution is 0.0375. The molecule has 0 radical (unpaired) electrons. The maximum Gasteiger partial charge on any atom is 0.195 e. The summed E-state index contributed by atoms with van der Waals surface area (Å²) >= 11 is 1.70. The van der Waals surface area contributed by atoms with Gasteiger partial charge in [-0.2, -0.15) is 0 Å². The van der Waals surface area contributed by atoms with Crippen LogP contribution in [0.3, 0.4) is 0 Å². The molecule has 0 amide bonds. The first-order valence-electron chi connectivity index (χ1n) is 17.7. The first-order chi connectivity index (χ1) is 22.6. The number of ketones is 1. The van der Waals surface area contributed by atoms with Crippen LogP contribution in [0.4, 0.5) is 0 Å². The highest BCUT2D eigenvalue weighted by Crippen LogP contribution is 2.41. The number of thiophene rings is 1. The SMILES string of the molecule is Cc1ccc2c(C(=O)c3ccc(OC4CCCCC4N4CCCCCC4)cc3)c(-c3ccc(OCCN4CCCC4)cc3)sc2c1.O. The van der Waals surface area contributed by atoms with Crippen LogP contribution in [0.25, 0.3) is 20.5 Å². The number of fused-ring (bicyclic) bond motifs is 1. The summed E-state index contributed by atoms with van der Waals surface area (Å²) in [5.74, 6) is 1.80. The molecular weight excluding hydrogens is 605 g/mol. The average molecular weight is 655 g/mol. The Morgan fingerprint density at radius 2 is 1.47 bits per heavy atom. The summed E-state index contributed by atoms with van der Waals surface area (Å²) in [5.41, 5.74) is 3.72. The Kier molecular flexibility index (Phi) is 11.3. The minimum atomic E-state index is 0. The molecule has 1 aromatic heterocycles. The van der Waals surface area contributed by atoms with Gasteiger partial charge in [0.15, 0.2) is 5.78 Å². The van der Waals surface area contributed by atoms with Gasteiger partial charge in [-0.1, -0.05) is 31.4 Å². The monoisotopic (exact) mass is 654 g/mol. The maximum atomic E-state index is 14.3. The second-order valence-electron chi connectivity index (χ2n) is 13.5. The molecule has 4 aromatic rings. The Hall–Kier alpha value is -3.23. The molecule has 7 rings (SSSR count). The number of benzene rings is 3. The fourth-order valence-electron chi connectivity index (χ4n) is 7.70. The van der Waals surface area contributed by atoms with Crippen LogP contribution in [0.2, 0.25) is 0 Å². The molecule has 2 unspecified atom stereocenters. The predicted octanol–water partition coefficient (Wildman–Crippen LogP) is 8.32. The van der Waals surface area contributed by atoms with Crippen molar-refractivity contribution in [3.63, 3.8) is 0 Å². The molecule has 6 nitrogen and oxygen atoms in total. The molecule has 0 spiro atoms. The molecule has 3 heterocycles. The fourth-order valence-corrected chi connectivity index (χ4v) is 9.00. The Morgan fingerprint density at radius 3 is 2.21 bits per heavy atom. The molecule has 1 saturated carbocycles. The highest BCUT2D eigenvalue weighted by atomic mass is 32.1. The van der Waals surface area contributed by atoms with E-state index in [1.165, 1.54) is 89.5 Å². The van der Waals surface area contributed by atoms with Gasteiger partial charge in [0.05, 0.1) is 0 Å². The van der Waals surface area contributed by atoms with E-state index in [9.17, 15) is 4.79 Å². The molecule has 2 N–H and O–H groups in total. The van der Waals surface area contributed by atoms with Gasteiger partial charge in [0.2, 0.25) is 0 Å². The van der Waals surface area contributed by atoms with Crippen LogP contribution in [0, 0.1) is 6.92 Å². The lowest BCUT2D eigenvalue weighted by atomic mass is 9.91. The van der Waals surface area contributed by atoms with Crippen LogP contribution in [0.15, 0.2) is 66.7 Å². The molecular formula is C40H50N2O4S. The quantitative estimate of drug-likeness (QED) is 0.161. The van der Waals surface area contributed by atoms with Gasteiger partial charge in [-0.3, -0.25) is 14.6 Å². The maximum absolute atomic E-state index is 14.3. The Morgan fingerprint density at radius 1 is 0.787 bits per heavy atom. The number of carbonyl (C=O) groups excluding carboxylic acids is 1. The van der Waals surface area contributed by atoms with E-state index in [1.54, 1.807) is 11.3 Å². The number of likely N-dealkylation sites (tertiary alicyclic amines) is 2. The van der Waals surface area contributed by atoms with Gasteiger partial charge < -0.3 is 14.9 Å². The number of hydrogen-bond acceptors (Lipinski definition) is 6. The van der Waals surface area contributed by atoms with Gasteiger partial charge in [-0.15, -0.1) is 11.3 Å². The molecule has 7 heteroatoms. The summed E-state index contributed by atoms with van der Waals surface area (Å²) < 4.78 is 13.9. The predicted molar refractivity (Wildman–Crippen MR) is 193 cm³/mol. The summed E-state index contributed by atoms with van der Waals surface area (Å²) in [7, 11) is 0. The molecule has 2 aliphatic heterocycles. The standard InChI is InChI=1S/C40H48N2O3S.H2O/c1-29-12-21-34-37(28-29)46-40(31-15-17-32(18-16-31)44-27-26-41-22-8-9-23-41)38(34)39(43)30-13-19-33(20-14-30)45-36-11-5-4-10-35(36)42-24-6-2-3-7-25-42;/h12-21,28,35-36H,2-11,22-27H2,1H3;1H2. The number of ether oxygens (including phenoxy) is 2. The lowest BCUT2D eigenvalue weighted by Gasteiger charge is -2.39. The van der Waals surface area contributed by atoms with Crippen LogP contribution in [0.1, 0.15) is 85.7 Å². The Labute approximate surface area is 284 Å². The van der Waals surface area contributed by atoms with Crippen LogP contribution in [-0.2, 0) is 0 Å². The van der Waals surface area contributed by atoms with Gasteiger partial charge in [0, 0.05) is 38.7 Å². The third-order valence-electron chi connectivity index (χ3n) is 10.2. The van der Waals surface area contributed by atoms with E-state index in [2.05, 4.69) is 47.1 Å². The summed E-state index contributed by atoms with van der Waals surface area (Å²) in [6.45, 7) is 8.53. The molecule has 2 atom stereocenters. The van der Waals surface area contributed by atoms with Crippen molar-refractivity contribution in [3.8, 4) is 21.9 Å². The summed E-state index contributed by atoms with van der Waals surface area (Å²) in [4.78, 5) is 20.4. The van der Waals surface area contributed by atoms with Crippen LogP contribution >= 0.6 is 11.3 Å². The number of rotatable bonds is 10. The second-order valence-corrected chi connectivity index (χ2v) is 14.6. The largest absolute Gasteiger partial charge is 0.492 e. The van der Waals surface area contributed by atoms with Crippen molar-refractivity contribution < 1.29 is 19.7 Å². The number of aryl methyl sites for hydroxylation is 1. The lowest BCUT2D eigenvalue weighted by Crippen LogP contribution is -2.48. The van der Waals surface area contributed by atoms with Gasteiger partial charge in [-0.25, -0.2) is 0 Å². The molecule has 47 heavy (non-hydrogen) atoms. The molecule has 3 fully saturated rings. The summed E-state index contributed by atoms with van der Waals surface area (Å²) in [5, 5.41) is 1.02. The van der Waals surface area contributed by atoms with Crippen molar-refractivity contribution in [1.29, 1.82) is 0 Å². The van der Waals surface area contributed by atoms with E-state index >= 15 is 0 Å². The van der Waals surface area contributed by atoms with Gasteiger partial charge >= 0.3 is 0 Å². The smallest absolute Gasteiger partial charge is 0.195 e. The third-order valence-corrected chi connectivity index (χ3v) is 11.4. The van der Waals surface area contributed by atoms with Crippen molar-refractivity contribution in [2.24, 2.45) is 0 Å². The Balaban J connectivity index is 0.00000386. The van der Waals surface area contributed by atoms with E-state index in [4.69, 9.17) is 9.47 Å². The van der Waals surface area contributed by atoms with E-state index in [0.29, 0.717) is 18.2 Å². The number of carbonyl (C=O) groups is 1. The topological polar surface area (TPSA) is 73.5 Å². The zero-order chi connectivity index (χ0) is 31.3. The molecule has 1 aliphatic carbocycles. The van der Waals surface area contributed by atoms with Gasteiger partial charge in [-0.05, 0) is 144 Å². The van der Waals surface area contributed by atoms with E-state index in [1.807, 2.05) is 36.4 Å². The van der Waals surface area contributed by atoms with Gasteiger partial charge in [0.25, 0.3) is 0 Å². The second kappa shape index (κ2) is 15.8. The number of nitrogens with zero attached hydrogens (tertiary/aromatic N) is 2.